The Labute approximate surface area is 115 Å². The van der Waals surface area contributed by atoms with E-state index < -0.39 is 0 Å². The molecule has 0 spiro atoms. The fourth-order valence-electron chi connectivity index (χ4n) is 1.86. The molecular formula is C14H13N5O. The van der Waals surface area contributed by atoms with Crippen molar-refractivity contribution in [3.63, 3.8) is 0 Å². The standard InChI is InChI=1S/C14H13N5O/c1-9-5-16-11(6-15-9)7-17-14(20)10-2-3-12-13(4-10)19-8-18-12/h2-6,8H,7H2,1H3,(H,17,20)(H,18,19). The van der Waals surface area contributed by atoms with Gasteiger partial charge in [-0.25, -0.2) is 4.98 Å². The molecule has 2 aromatic heterocycles. The lowest BCUT2D eigenvalue weighted by molar-refractivity contribution is 0.0950. The summed E-state index contributed by atoms with van der Waals surface area (Å²) in [5.41, 5.74) is 3.84. The van der Waals surface area contributed by atoms with Gasteiger partial charge in [-0.1, -0.05) is 0 Å². The van der Waals surface area contributed by atoms with E-state index in [1.54, 1.807) is 30.9 Å². The summed E-state index contributed by atoms with van der Waals surface area (Å²) in [5.74, 6) is -0.149. The summed E-state index contributed by atoms with van der Waals surface area (Å²) in [5, 5.41) is 2.82. The van der Waals surface area contributed by atoms with E-state index in [1.165, 1.54) is 0 Å². The van der Waals surface area contributed by atoms with Gasteiger partial charge in [0.2, 0.25) is 0 Å². The molecule has 1 aromatic carbocycles. The van der Waals surface area contributed by atoms with Crippen LogP contribution in [0.5, 0.6) is 0 Å². The topological polar surface area (TPSA) is 83.6 Å². The van der Waals surface area contributed by atoms with E-state index in [4.69, 9.17) is 0 Å². The molecule has 3 rings (SSSR count). The molecule has 0 aliphatic carbocycles. The maximum atomic E-state index is 12.1. The first kappa shape index (κ1) is 12.3. The lowest BCUT2D eigenvalue weighted by atomic mass is 10.2. The van der Waals surface area contributed by atoms with Crippen LogP contribution in [-0.2, 0) is 6.54 Å². The van der Waals surface area contributed by atoms with Crippen molar-refractivity contribution < 1.29 is 4.79 Å². The van der Waals surface area contributed by atoms with Crippen molar-refractivity contribution in [2.45, 2.75) is 13.5 Å². The minimum Gasteiger partial charge on any atom is -0.346 e. The zero-order valence-corrected chi connectivity index (χ0v) is 10.9. The highest BCUT2D eigenvalue weighted by Gasteiger charge is 2.07. The largest absolute Gasteiger partial charge is 0.346 e. The summed E-state index contributed by atoms with van der Waals surface area (Å²) in [7, 11) is 0. The molecule has 6 nitrogen and oxygen atoms in total. The molecule has 0 saturated carbocycles. The van der Waals surface area contributed by atoms with Crippen molar-refractivity contribution in [3.8, 4) is 0 Å². The minimum atomic E-state index is -0.149. The van der Waals surface area contributed by atoms with Crippen LogP contribution in [0.25, 0.3) is 11.0 Å². The predicted octanol–water partition coefficient (Wildman–Crippen LogP) is 1.59. The van der Waals surface area contributed by atoms with Crippen molar-refractivity contribution in [1.29, 1.82) is 0 Å². The minimum absolute atomic E-state index is 0.149. The maximum Gasteiger partial charge on any atom is 0.251 e. The van der Waals surface area contributed by atoms with Crippen LogP contribution in [-0.4, -0.2) is 25.8 Å². The van der Waals surface area contributed by atoms with E-state index in [2.05, 4.69) is 25.3 Å². The average Bonchev–Trinajstić information content (AvgIpc) is 2.93. The summed E-state index contributed by atoms with van der Waals surface area (Å²) in [6, 6.07) is 5.34. The van der Waals surface area contributed by atoms with Crippen LogP contribution in [0.3, 0.4) is 0 Å². The predicted molar refractivity (Wildman–Crippen MR) is 74.0 cm³/mol. The number of fused-ring (bicyclic) bond motifs is 1. The number of hydrogen-bond donors (Lipinski definition) is 2. The molecule has 0 unspecified atom stereocenters. The number of imidazole rings is 1. The molecule has 6 heteroatoms. The van der Waals surface area contributed by atoms with Crippen molar-refractivity contribution in [2.24, 2.45) is 0 Å². The van der Waals surface area contributed by atoms with Crippen molar-refractivity contribution in [2.75, 3.05) is 0 Å². The Bertz CT molecular complexity index is 748. The van der Waals surface area contributed by atoms with Crippen LogP contribution in [0.15, 0.2) is 36.9 Å². The fourth-order valence-corrected chi connectivity index (χ4v) is 1.86. The smallest absolute Gasteiger partial charge is 0.251 e. The summed E-state index contributed by atoms with van der Waals surface area (Å²) >= 11 is 0. The number of benzene rings is 1. The van der Waals surface area contributed by atoms with Gasteiger partial charge in [0, 0.05) is 11.8 Å². The van der Waals surface area contributed by atoms with Crippen LogP contribution >= 0.6 is 0 Å². The summed E-state index contributed by atoms with van der Waals surface area (Å²) < 4.78 is 0. The molecule has 0 fully saturated rings. The number of aromatic amines is 1. The first-order valence-corrected chi connectivity index (χ1v) is 6.21. The van der Waals surface area contributed by atoms with E-state index in [1.807, 2.05) is 13.0 Å². The van der Waals surface area contributed by atoms with Crippen LogP contribution in [0.2, 0.25) is 0 Å². The number of rotatable bonds is 3. The first-order valence-electron chi connectivity index (χ1n) is 6.21. The summed E-state index contributed by atoms with van der Waals surface area (Å²) in [4.78, 5) is 27.5. The normalized spacial score (nSPS) is 10.7. The monoisotopic (exact) mass is 267 g/mol. The Balaban J connectivity index is 1.70. The fraction of sp³-hybridized carbons (Fsp3) is 0.143. The molecule has 0 radical (unpaired) electrons. The van der Waals surface area contributed by atoms with Gasteiger partial charge in [-0.3, -0.25) is 14.8 Å². The zero-order valence-electron chi connectivity index (χ0n) is 10.9. The molecule has 0 bridgehead atoms. The van der Waals surface area contributed by atoms with Crippen molar-refractivity contribution in [3.05, 3.63) is 53.9 Å². The number of nitrogens with zero attached hydrogens (tertiary/aromatic N) is 3. The molecule has 0 aliphatic heterocycles. The molecule has 0 aliphatic rings. The highest BCUT2D eigenvalue weighted by Crippen LogP contribution is 2.11. The molecule has 2 heterocycles. The average molecular weight is 267 g/mol. The third kappa shape index (κ3) is 2.49. The van der Waals surface area contributed by atoms with E-state index in [-0.39, 0.29) is 5.91 Å². The molecule has 1 amide bonds. The van der Waals surface area contributed by atoms with Gasteiger partial charge in [0.25, 0.3) is 5.91 Å². The quantitative estimate of drug-likeness (QED) is 0.754. The van der Waals surface area contributed by atoms with Gasteiger partial charge in [-0.2, -0.15) is 0 Å². The Kier molecular flexibility index (Phi) is 3.12. The Morgan fingerprint density at radius 3 is 2.95 bits per heavy atom. The Morgan fingerprint density at radius 1 is 1.25 bits per heavy atom. The number of aryl methyl sites for hydroxylation is 1. The zero-order chi connectivity index (χ0) is 13.9. The third-order valence-corrected chi connectivity index (χ3v) is 2.95. The number of amides is 1. The van der Waals surface area contributed by atoms with Gasteiger partial charge in [0.05, 0.1) is 41.5 Å². The lowest BCUT2D eigenvalue weighted by Crippen LogP contribution is -2.23. The van der Waals surface area contributed by atoms with E-state index in [9.17, 15) is 4.79 Å². The second-order valence-corrected chi connectivity index (χ2v) is 4.47. The molecule has 0 atom stereocenters. The summed E-state index contributed by atoms with van der Waals surface area (Å²) in [6.45, 7) is 2.22. The molecule has 20 heavy (non-hydrogen) atoms. The number of H-pyrrole nitrogens is 1. The number of carbonyl (C=O) groups excluding carboxylic acids is 1. The summed E-state index contributed by atoms with van der Waals surface area (Å²) in [6.07, 6.45) is 4.94. The SMILES string of the molecule is Cc1cnc(CNC(=O)c2ccc3nc[nH]c3c2)cn1. The van der Waals surface area contributed by atoms with Gasteiger partial charge in [0.15, 0.2) is 0 Å². The number of nitrogens with one attached hydrogen (secondary N) is 2. The highest BCUT2D eigenvalue weighted by atomic mass is 16.1. The van der Waals surface area contributed by atoms with E-state index >= 15 is 0 Å². The Morgan fingerprint density at radius 2 is 2.15 bits per heavy atom. The number of carbonyl (C=O) groups is 1. The van der Waals surface area contributed by atoms with Gasteiger partial charge in [-0.05, 0) is 25.1 Å². The molecule has 100 valence electrons. The third-order valence-electron chi connectivity index (χ3n) is 2.95. The molecule has 3 aromatic rings. The first-order chi connectivity index (χ1) is 9.72. The van der Waals surface area contributed by atoms with Crippen LogP contribution in [0.1, 0.15) is 21.7 Å². The van der Waals surface area contributed by atoms with Crippen molar-refractivity contribution in [1.82, 2.24) is 25.3 Å². The molecule has 2 N–H and O–H groups in total. The van der Waals surface area contributed by atoms with Gasteiger partial charge in [-0.15, -0.1) is 0 Å². The van der Waals surface area contributed by atoms with E-state index in [0.717, 1.165) is 22.4 Å². The van der Waals surface area contributed by atoms with Crippen LogP contribution < -0.4 is 5.32 Å². The second kappa shape index (κ2) is 5.08. The number of hydrogen-bond acceptors (Lipinski definition) is 4. The van der Waals surface area contributed by atoms with Gasteiger partial charge in [0.1, 0.15) is 0 Å². The Hall–Kier alpha value is -2.76. The highest BCUT2D eigenvalue weighted by molar-refractivity contribution is 5.97. The van der Waals surface area contributed by atoms with E-state index in [0.29, 0.717) is 12.1 Å². The van der Waals surface area contributed by atoms with Gasteiger partial charge < -0.3 is 10.3 Å². The van der Waals surface area contributed by atoms with Crippen LogP contribution in [0.4, 0.5) is 0 Å². The van der Waals surface area contributed by atoms with Crippen LogP contribution in [0, 0.1) is 6.92 Å². The van der Waals surface area contributed by atoms with Gasteiger partial charge >= 0.3 is 0 Å². The molecule has 0 saturated heterocycles. The van der Waals surface area contributed by atoms with Crippen molar-refractivity contribution >= 4 is 16.9 Å². The maximum absolute atomic E-state index is 12.1. The molecular weight excluding hydrogens is 254 g/mol. The number of aromatic nitrogens is 4. The second-order valence-electron chi connectivity index (χ2n) is 4.47. The lowest BCUT2D eigenvalue weighted by Gasteiger charge is -2.05.